The fourth-order valence-electron chi connectivity index (χ4n) is 2.34. The van der Waals surface area contributed by atoms with Crippen LogP contribution in [0.2, 0.25) is 0 Å². The van der Waals surface area contributed by atoms with E-state index in [2.05, 4.69) is 78.2 Å². The number of rotatable bonds is 2. The zero-order valence-electron chi connectivity index (χ0n) is 10.9. The summed E-state index contributed by atoms with van der Waals surface area (Å²) in [4.78, 5) is 0. The quantitative estimate of drug-likeness (QED) is 0.596. The molecule has 3 aromatic rings. The van der Waals surface area contributed by atoms with Gasteiger partial charge >= 0.3 is 0 Å². The maximum atomic E-state index is 2.37. The molecule has 1 nitrogen and oxygen atoms in total. The van der Waals surface area contributed by atoms with Crippen LogP contribution in [-0.4, -0.2) is 0 Å². The Labute approximate surface area is 119 Å². The van der Waals surface area contributed by atoms with Gasteiger partial charge in [0.25, 0.3) is 0 Å². The van der Waals surface area contributed by atoms with Crippen LogP contribution in [0.3, 0.4) is 0 Å². The molecule has 0 aliphatic heterocycles. The first-order chi connectivity index (χ1) is 8.84. The monoisotopic (exact) mass is 269 g/mol. The zero-order chi connectivity index (χ0) is 12.4. The van der Waals surface area contributed by atoms with Gasteiger partial charge in [-0.2, -0.15) is 4.57 Å². The van der Waals surface area contributed by atoms with Crippen molar-refractivity contribution in [3.8, 4) is 0 Å². The lowest BCUT2D eigenvalue weighted by Gasteiger charge is -2.04. The first-order valence-corrected chi connectivity index (χ1v) is 6.27. The molecule has 0 aliphatic carbocycles. The summed E-state index contributed by atoms with van der Waals surface area (Å²) in [6.07, 6.45) is 0. The van der Waals surface area contributed by atoms with E-state index in [9.17, 15) is 0 Å². The number of halogens is 1. The first kappa shape index (κ1) is 13.6. The number of hydrogen-bond acceptors (Lipinski definition) is 0. The molecule has 0 amide bonds. The molecular formula is C17H16ClN. The molecule has 1 aromatic heterocycles. The van der Waals surface area contributed by atoms with E-state index in [1.807, 2.05) is 0 Å². The highest BCUT2D eigenvalue weighted by molar-refractivity contribution is 5.75. The van der Waals surface area contributed by atoms with Crippen molar-refractivity contribution in [3.63, 3.8) is 0 Å². The van der Waals surface area contributed by atoms with Gasteiger partial charge in [0, 0.05) is 30.0 Å². The minimum atomic E-state index is 0. The van der Waals surface area contributed by atoms with Crippen molar-refractivity contribution in [1.82, 2.24) is 0 Å². The Hall–Kier alpha value is -1.86. The molecule has 96 valence electrons. The number of aromatic nitrogens is 1. The van der Waals surface area contributed by atoms with Crippen molar-refractivity contribution in [2.45, 2.75) is 13.5 Å². The van der Waals surface area contributed by atoms with E-state index in [-0.39, 0.29) is 12.4 Å². The third kappa shape index (κ3) is 2.77. The largest absolute Gasteiger partial charge is 1.00 e. The van der Waals surface area contributed by atoms with Crippen molar-refractivity contribution in [3.05, 3.63) is 78.0 Å². The lowest BCUT2D eigenvalue weighted by molar-refractivity contribution is -0.668. The number of pyridine rings is 1. The average Bonchev–Trinajstić information content (AvgIpc) is 2.43. The molecule has 3 rings (SSSR count). The zero-order valence-corrected chi connectivity index (χ0v) is 11.6. The molecule has 0 fully saturated rings. The van der Waals surface area contributed by atoms with Gasteiger partial charge in [0.2, 0.25) is 5.52 Å². The van der Waals surface area contributed by atoms with Gasteiger partial charge in [-0.25, -0.2) is 0 Å². The molecule has 1 heterocycles. The van der Waals surface area contributed by atoms with Gasteiger partial charge in [0.1, 0.15) is 0 Å². The maximum Gasteiger partial charge on any atom is 0.212 e. The predicted octanol–water partition coefficient (Wildman–Crippen LogP) is 0.488. The summed E-state index contributed by atoms with van der Waals surface area (Å²) in [7, 11) is 0. The van der Waals surface area contributed by atoms with E-state index in [4.69, 9.17) is 0 Å². The molecule has 0 saturated heterocycles. The summed E-state index contributed by atoms with van der Waals surface area (Å²) in [5, 5.41) is 1.29. The molecule has 0 spiro atoms. The van der Waals surface area contributed by atoms with Crippen LogP contribution in [0.1, 0.15) is 11.3 Å². The Morgan fingerprint density at radius 2 is 1.47 bits per heavy atom. The minimum Gasteiger partial charge on any atom is -1.00 e. The summed E-state index contributed by atoms with van der Waals surface area (Å²) in [5.41, 5.74) is 3.92. The lowest BCUT2D eigenvalue weighted by atomic mass is 10.1. The fourth-order valence-corrected chi connectivity index (χ4v) is 2.34. The Balaban J connectivity index is 0.00000133. The van der Waals surface area contributed by atoms with E-state index < -0.39 is 0 Å². The molecule has 19 heavy (non-hydrogen) atoms. The molecule has 2 heteroatoms. The normalized spacial score (nSPS) is 10.2. The van der Waals surface area contributed by atoms with Gasteiger partial charge < -0.3 is 12.4 Å². The Kier molecular flexibility index (Phi) is 4.18. The molecule has 0 bridgehead atoms. The minimum absolute atomic E-state index is 0. The third-order valence-electron chi connectivity index (χ3n) is 3.34. The van der Waals surface area contributed by atoms with E-state index >= 15 is 0 Å². The van der Waals surface area contributed by atoms with Gasteiger partial charge in [-0.05, 0) is 12.1 Å². The Morgan fingerprint density at radius 1 is 0.789 bits per heavy atom. The van der Waals surface area contributed by atoms with Crippen LogP contribution in [-0.2, 0) is 6.54 Å². The van der Waals surface area contributed by atoms with Crippen LogP contribution >= 0.6 is 0 Å². The second-order valence-corrected chi connectivity index (χ2v) is 4.61. The molecule has 0 aliphatic rings. The van der Waals surface area contributed by atoms with Crippen molar-refractivity contribution in [1.29, 1.82) is 0 Å². The second kappa shape index (κ2) is 5.85. The topological polar surface area (TPSA) is 3.88 Å². The second-order valence-electron chi connectivity index (χ2n) is 4.61. The summed E-state index contributed by atoms with van der Waals surface area (Å²) in [6, 6.07) is 23.5. The molecule has 0 radical (unpaired) electrons. The molecule has 2 aromatic carbocycles. The maximum absolute atomic E-state index is 2.37. The number of fused-ring (bicyclic) bond motifs is 1. The number of nitrogens with zero attached hydrogens (tertiary/aromatic N) is 1. The first-order valence-electron chi connectivity index (χ1n) is 6.27. The van der Waals surface area contributed by atoms with Gasteiger partial charge in [-0.3, -0.25) is 0 Å². The van der Waals surface area contributed by atoms with Gasteiger partial charge in [0.05, 0.1) is 0 Å². The van der Waals surface area contributed by atoms with Crippen molar-refractivity contribution in [2.75, 3.05) is 0 Å². The van der Waals surface area contributed by atoms with Crippen LogP contribution in [0.4, 0.5) is 0 Å². The summed E-state index contributed by atoms with van der Waals surface area (Å²) >= 11 is 0. The van der Waals surface area contributed by atoms with Crippen LogP contribution < -0.4 is 17.0 Å². The van der Waals surface area contributed by atoms with E-state index in [1.54, 1.807) is 0 Å². The van der Waals surface area contributed by atoms with Gasteiger partial charge in [0.15, 0.2) is 12.2 Å². The van der Waals surface area contributed by atoms with Crippen LogP contribution in [0, 0.1) is 6.92 Å². The highest BCUT2D eigenvalue weighted by Crippen LogP contribution is 2.11. The summed E-state index contributed by atoms with van der Waals surface area (Å²) < 4.78 is 2.37. The van der Waals surface area contributed by atoms with Gasteiger partial charge in [-0.15, -0.1) is 0 Å². The number of hydrogen-bond donors (Lipinski definition) is 0. The summed E-state index contributed by atoms with van der Waals surface area (Å²) in [5.74, 6) is 0. The van der Waals surface area contributed by atoms with Crippen molar-refractivity contribution in [2.24, 2.45) is 0 Å². The summed E-state index contributed by atoms with van der Waals surface area (Å²) in [6.45, 7) is 3.09. The average molecular weight is 270 g/mol. The highest BCUT2D eigenvalue weighted by atomic mass is 35.5. The predicted molar refractivity (Wildman–Crippen MR) is 74.4 cm³/mol. The highest BCUT2D eigenvalue weighted by Gasteiger charge is 2.12. The fraction of sp³-hybridized carbons (Fsp3) is 0.118. The van der Waals surface area contributed by atoms with E-state index in [0.29, 0.717) is 0 Å². The Morgan fingerprint density at radius 3 is 2.26 bits per heavy atom. The van der Waals surface area contributed by atoms with Crippen LogP contribution in [0.5, 0.6) is 0 Å². The van der Waals surface area contributed by atoms with Crippen LogP contribution in [0.15, 0.2) is 66.7 Å². The molecular weight excluding hydrogens is 254 g/mol. The van der Waals surface area contributed by atoms with Crippen molar-refractivity contribution < 1.29 is 17.0 Å². The standard InChI is InChI=1S/C17H16N.ClH/c1-14-11-12-16-9-5-6-10-17(16)18(14)13-15-7-3-2-4-8-15;/h2-12H,13H2,1H3;1H/q+1;/p-1. The number of aryl methyl sites for hydroxylation is 1. The lowest BCUT2D eigenvalue weighted by Crippen LogP contribution is -3.00. The number of para-hydroxylation sites is 1. The number of benzene rings is 2. The van der Waals surface area contributed by atoms with Gasteiger partial charge in [-0.1, -0.05) is 42.5 Å². The Bertz CT molecular complexity index is 677. The molecule has 0 unspecified atom stereocenters. The molecule has 0 N–H and O–H groups in total. The third-order valence-corrected chi connectivity index (χ3v) is 3.34. The van der Waals surface area contributed by atoms with Crippen LogP contribution in [0.25, 0.3) is 10.9 Å². The van der Waals surface area contributed by atoms with E-state index in [1.165, 1.54) is 22.2 Å². The molecule has 0 atom stereocenters. The van der Waals surface area contributed by atoms with E-state index in [0.717, 1.165) is 6.54 Å². The van der Waals surface area contributed by atoms with Crippen molar-refractivity contribution >= 4 is 10.9 Å². The molecule has 0 saturated carbocycles. The SMILES string of the molecule is Cc1ccc2ccccc2[n+]1Cc1ccccc1.[Cl-]. The smallest absolute Gasteiger partial charge is 0.212 e.